The van der Waals surface area contributed by atoms with E-state index in [0.29, 0.717) is 22.0 Å². The first-order valence-electron chi connectivity index (χ1n) is 7.25. The van der Waals surface area contributed by atoms with Gasteiger partial charge in [0, 0.05) is 17.1 Å². The number of benzene rings is 2. The summed E-state index contributed by atoms with van der Waals surface area (Å²) >= 11 is 0. The van der Waals surface area contributed by atoms with Crippen LogP contribution in [0.3, 0.4) is 0 Å². The Bertz CT molecular complexity index is 904. The highest BCUT2D eigenvalue weighted by Gasteiger charge is 2.22. The number of carbonyl (C=O) groups is 2. The second-order valence-electron chi connectivity index (χ2n) is 5.24. The van der Waals surface area contributed by atoms with Crippen molar-refractivity contribution in [2.24, 2.45) is 5.73 Å². The first-order valence-corrected chi connectivity index (χ1v) is 7.25. The average Bonchev–Trinajstić information content (AvgIpc) is 2.59. The Hall–Kier alpha value is -3.28. The number of primary amides is 1. The summed E-state index contributed by atoms with van der Waals surface area (Å²) in [4.78, 5) is 28.5. The van der Waals surface area contributed by atoms with Gasteiger partial charge in [0.15, 0.2) is 0 Å². The van der Waals surface area contributed by atoms with Gasteiger partial charge in [-0.05, 0) is 35.9 Å². The van der Waals surface area contributed by atoms with Gasteiger partial charge in [0.2, 0.25) is 5.91 Å². The van der Waals surface area contributed by atoms with Gasteiger partial charge in [-0.2, -0.15) is 0 Å². The van der Waals surface area contributed by atoms with Gasteiger partial charge in [0.05, 0.1) is 5.52 Å². The van der Waals surface area contributed by atoms with Crippen LogP contribution in [0.15, 0.2) is 60.8 Å². The topological polar surface area (TPSA) is 85.1 Å². The lowest BCUT2D eigenvalue weighted by atomic mass is 10.0. The molecule has 5 nitrogen and oxygen atoms in total. The molecule has 3 N–H and O–H groups in total. The molecule has 0 fully saturated rings. The van der Waals surface area contributed by atoms with E-state index in [2.05, 4.69) is 10.3 Å². The summed E-state index contributed by atoms with van der Waals surface area (Å²) in [7, 11) is 0. The van der Waals surface area contributed by atoms with E-state index in [1.807, 2.05) is 0 Å². The molecular weight excluding hydrogens is 309 g/mol. The molecule has 0 spiro atoms. The third kappa shape index (κ3) is 3.08. The van der Waals surface area contributed by atoms with E-state index in [-0.39, 0.29) is 0 Å². The lowest BCUT2D eigenvalue weighted by molar-refractivity contribution is -0.120. The van der Waals surface area contributed by atoms with E-state index in [1.54, 1.807) is 36.5 Å². The normalized spacial score (nSPS) is 11.9. The van der Waals surface area contributed by atoms with Gasteiger partial charge in [-0.25, -0.2) is 4.39 Å². The maximum atomic E-state index is 13.0. The zero-order valence-electron chi connectivity index (χ0n) is 12.6. The lowest BCUT2D eigenvalue weighted by Gasteiger charge is -2.16. The van der Waals surface area contributed by atoms with Crippen LogP contribution in [-0.2, 0) is 4.79 Å². The molecule has 0 aliphatic carbocycles. The van der Waals surface area contributed by atoms with Gasteiger partial charge in [-0.3, -0.25) is 14.6 Å². The molecule has 3 rings (SSSR count). The first-order chi connectivity index (χ1) is 11.6. The van der Waals surface area contributed by atoms with E-state index in [9.17, 15) is 14.0 Å². The highest BCUT2D eigenvalue weighted by atomic mass is 19.1. The fraction of sp³-hybridized carbons (Fsp3) is 0.0556. The highest BCUT2D eigenvalue weighted by molar-refractivity contribution is 6.07. The van der Waals surface area contributed by atoms with Crippen molar-refractivity contribution in [3.05, 3.63) is 77.7 Å². The highest BCUT2D eigenvalue weighted by Crippen LogP contribution is 2.19. The molecule has 0 saturated carbocycles. The van der Waals surface area contributed by atoms with E-state index >= 15 is 0 Å². The van der Waals surface area contributed by atoms with Gasteiger partial charge in [0.1, 0.15) is 11.9 Å². The molecule has 0 unspecified atom stereocenters. The molecule has 1 aromatic heterocycles. The molecule has 0 radical (unpaired) electrons. The second-order valence-corrected chi connectivity index (χ2v) is 5.24. The van der Waals surface area contributed by atoms with Crippen molar-refractivity contribution < 1.29 is 14.0 Å². The molecule has 0 bridgehead atoms. The number of pyridine rings is 1. The summed E-state index contributed by atoms with van der Waals surface area (Å²) in [5, 5.41) is 3.26. The lowest BCUT2D eigenvalue weighted by Crippen LogP contribution is -2.37. The number of halogens is 1. The number of aromatic nitrogens is 1. The first kappa shape index (κ1) is 15.6. The van der Waals surface area contributed by atoms with Crippen LogP contribution in [0.25, 0.3) is 10.9 Å². The Morgan fingerprint density at radius 3 is 2.50 bits per heavy atom. The molecule has 2 aromatic carbocycles. The van der Waals surface area contributed by atoms with E-state index < -0.39 is 23.7 Å². The largest absolute Gasteiger partial charge is 0.368 e. The molecule has 0 aliphatic heterocycles. The number of nitrogens with two attached hydrogens (primary N) is 1. The molecule has 3 aromatic rings. The zero-order valence-corrected chi connectivity index (χ0v) is 12.6. The van der Waals surface area contributed by atoms with Crippen LogP contribution < -0.4 is 11.1 Å². The molecular formula is C18H14FN3O2. The summed E-state index contributed by atoms with van der Waals surface area (Å²) in [5.74, 6) is -1.62. The number of fused-ring (bicyclic) bond motifs is 1. The summed E-state index contributed by atoms with van der Waals surface area (Å²) in [6.07, 6.45) is 1.63. The molecule has 1 heterocycles. The minimum atomic E-state index is -1.05. The van der Waals surface area contributed by atoms with Crippen LogP contribution in [0.2, 0.25) is 0 Å². The van der Waals surface area contributed by atoms with Crippen LogP contribution in [0.5, 0.6) is 0 Å². The van der Waals surface area contributed by atoms with Crippen molar-refractivity contribution in [1.29, 1.82) is 0 Å². The van der Waals surface area contributed by atoms with Crippen molar-refractivity contribution in [2.75, 3.05) is 0 Å². The Morgan fingerprint density at radius 1 is 1.04 bits per heavy atom. The third-order valence-corrected chi connectivity index (χ3v) is 3.65. The van der Waals surface area contributed by atoms with Gasteiger partial charge in [0.25, 0.3) is 5.91 Å². The standard InChI is InChI=1S/C18H14FN3O2/c19-12-8-6-11(7-9-12)16(17(20)23)22-18(24)14-3-1-5-15-13(14)4-2-10-21-15/h1-10,16H,(H2,20,23)(H,22,24)/t16-/m1/s1. The van der Waals surface area contributed by atoms with Gasteiger partial charge >= 0.3 is 0 Å². The zero-order chi connectivity index (χ0) is 17.1. The quantitative estimate of drug-likeness (QED) is 0.773. The van der Waals surface area contributed by atoms with Crippen LogP contribution in [-0.4, -0.2) is 16.8 Å². The van der Waals surface area contributed by atoms with E-state index in [4.69, 9.17) is 5.73 Å². The fourth-order valence-corrected chi connectivity index (χ4v) is 2.48. The molecule has 0 saturated heterocycles. The maximum absolute atomic E-state index is 13.0. The fourth-order valence-electron chi connectivity index (χ4n) is 2.48. The van der Waals surface area contributed by atoms with Crippen LogP contribution in [0, 0.1) is 5.82 Å². The number of nitrogens with one attached hydrogen (secondary N) is 1. The van der Waals surface area contributed by atoms with Crippen molar-refractivity contribution in [3.8, 4) is 0 Å². The Balaban J connectivity index is 1.93. The maximum Gasteiger partial charge on any atom is 0.252 e. The Labute approximate surface area is 137 Å². The molecule has 0 aliphatic rings. The smallest absolute Gasteiger partial charge is 0.252 e. The monoisotopic (exact) mass is 323 g/mol. The van der Waals surface area contributed by atoms with Gasteiger partial charge in [-0.15, -0.1) is 0 Å². The van der Waals surface area contributed by atoms with Crippen LogP contribution in [0.4, 0.5) is 4.39 Å². The van der Waals surface area contributed by atoms with Crippen LogP contribution >= 0.6 is 0 Å². The summed E-state index contributed by atoms with van der Waals surface area (Å²) in [5.41, 5.74) is 6.85. The van der Waals surface area contributed by atoms with Crippen molar-refractivity contribution in [3.63, 3.8) is 0 Å². The number of carbonyl (C=O) groups excluding carboxylic acids is 2. The van der Waals surface area contributed by atoms with Crippen LogP contribution in [0.1, 0.15) is 22.0 Å². The molecule has 1 atom stereocenters. The summed E-state index contributed by atoms with van der Waals surface area (Å²) in [6.45, 7) is 0. The second kappa shape index (κ2) is 6.45. The van der Waals surface area contributed by atoms with Gasteiger partial charge < -0.3 is 11.1 Å². The number of hydrogen-bond donors (Lipinski definition) is 2. The number of amides is 2. The number of nitrogens with zero attached hydrogens (tertiary/aromatic N) is 1. The molecule has 120 valence electrons. The Kier molecular flexibility index (Phi) is 4.20. The minimum absolute atomic E-state index is 0.383. The minimum Gasteiger partial charge on any atom is -0.368 e. The number of hydrogen-bond acceptors (Lipinski definition) is 3. The average molecular weight is 323 g/mol. The van der Waals surface area contributed by atoms with Crippen molar-refractivity contribution >= 4 is 22.7 Å². The van der Waals surface area contributed by atoms with Gasteiger partial charge in [-0.1, -0.05) is 24.3 Å². The molecule has 6 heteroatoms. The number of rotatable bonds is 4. The molecule has 2 amide bonds. The third-order valence-electron chi connectivity index (χ3n) is 3.65. The summed E-state index contributed by atoms with van der Waals surface area (Å²) in [6, 6.07) is 12.8. The summed E-state index contributed by atoms with van der Waals surface area (Å²) < 4.78 is 13.0. The Morgan fingerprint density at radius 2 is 1.79 bits per heavy atom. The predicted octanol–water partition coefficient (Wildman–Crippen LogP) is 2.33. The van der Waals surface area contributed by atoms with Crippen molar-refractivity contribution in [1.82, 2.24) is 10.3 Å². The van der Waals surface area contributed by atoms with E-state index in [0.717, 1.165) is 0 Å². The van der Waals surface area contributed by atoms with E-state index in [1.165, 1.54) is 24.3 Å². The van der Waals surface area contributed by atoms with Crippen molar-refractivity contribution in [2.45, 2.75) is 6.04 Å². The SMILES string of the molecule is NC(=O)[C@H](NC(=O)c1cccc2ncccc12)c1ccc(F)cc1. The molecule has 24 heavy (non-hydrogen) atoms. The predicted molar refractivity (Wildman–Crippen MR) is 87.5 cm³/mol.